The van der Waals surface area contributed by atoms with E-state index in [1.807, 2.05) is 0 Å². The van der Waals surface area contributed by atoms with Gasteiger partial charge < -0.3 is 10.2 Å². The number of hydrogen-bond donors (Lipinski definition) is 2. The first kappa shape index (κ1) is 12.5. The molecule has 2 rings (SSSR count). The summed E-state index contributed by atoms with van der Waals surface area (Å²) in [5.41, 5.74) is 0. The third-order valence-corrected chi connectivity index (χ3v) is 3.52. The molecule has 0 spiro atoms. The van der Waals surface area contributed by atoms with E-state index < -0.39 is 0 Å². The maximum Gasteiger partial charge on any atom is 0.138 e. The second kappa shape index (κ2) is 6.12. The highest BCUT2D eigenvalue weighted by Crippen LogP contribution is 2.13. The fourth-order valence-electron chi connectivity index (χ4n) is 2.40. The van der Waals surface area contributed by atoms with Gasteiger partial charge in [-0.2, -0.15) is 5.10 Å². The van der Waals surface area contributed by atoms with Crippen LogP contribution in [-0.2, 0) is 6.54 Å². The number of nitrogens with zero attached hydrogens (tertiary/aromatic N) is 3. The Bertz CT molecular complexity index is 309. The predicted octanol–water partition coefficient (Wildman–Crippen LogP) is 1.16. The summed E-state index contributed by atoms with van der Waals surface area (Å²) in [7, 11) is 0. The molecule has 96 valence electrons. The Labute approximate surface area is 103 Å². The molecule has 0 saturated carbocycles. The molecule has 1 fully saturated rings. The third-order valence-electron chi connectivity index (χ3n) is 3.52. The standard InChI is InChI=1S/C12H23N5/c1-10(2)17-6-3-4-11(5-7-17)13-8-12-14-9-15-16-12/h9-11,13H,3-8H2,1-2H3,(H,14,15,16). The van der Waals surface area contributed by atoms with Gasteiger partial charge in [0, 0.05) is 12.1 Å². The molecule has 0 aliphatic carbocycles. The molecule has 0 aromatic carbocycles. The fourth-order valence-corrected chi connectivity index (χ4v) is 2.40. The van der Waals surface area contributed by atoms with E-state index in [1.165, 1.54) is 32.4 Å². The summed E-state index contributed by atoms with van der Waals surface area (Å²) in [6, 6.07) is 1.28. The molecule has 1 saturated heterocycles. The second-order valence-corrected chi connectivity index (χ2v) is 5.07. The second-order valence-electron chi connectivity index (χ2n) is 5.07. The van der Waals surface area contributed by atoms with Crippen LogP contribution in [0.15, 0.2) is 6.33 Å². The molecule has 1 unspecified atom stereocenters. The summed E-state index contributed by atoms with van der Waals surface area (Å²) in [5, 5.41) is 10.3. The van der Waals surface area contributed by atoms with Crippen molar-refractivity contribution in [3.63, 3.8) is 0 Å². The zero-order valence-corrected chi connectivity index (χ0v) is 10.8. The Morgan fingerprint density at radius 2 is 2.35 bits per heavy atom. The lowest BCUT2D eigenvalue weighted by Gasteiger charge is -2.24. The molecule has 2 N–H and O–H groups in total. The minimum atomic E-state index is 0.615. The molecule has 0 bridgehead atoms. The van der Waals surface area contributed by atoms with Crippen molar-refractivity contribution in [2.24, 2.45) is 0 Å². The largest absolute Gasteiger partial charge is 0.307 e. The van der Waals surface area contributed by atoms with Gasteiger partial charge in [-0.15, -0.1) is 0 Å². The Hall–Kier alpha value is -0.940. The summed E-state index contributed by atoms with van der Waals surface area (Å²) < 4.78 is 0. The van der Waals surface area contributed by atoms with E-state index in [-0.39, 0.29) is 0 Å². The molecular formula is C12H23N5. The quantitative estimate of drug-likeness (QED) is 0.825. The minimum Gasteiger partial charge on any atom is -0.307 e. The van der Waals surface area contributed by atoms with Gasteiger partial charge in [0.1, 0.15) is 12.2 Å². The van der Waals surface area contributed by atoms with Crippen LogP contribution in [0.25, 0.3) is 0 Å². The number of rotatable bonds is 4. The Balaban J connectivity index is 1.75. The van der Waals surface area contributed by atoms with Gasteiger partial charge >= 0.3 is 0 Å². The van der Waals surface area contributed by atoms with Crippen LogP contribution >= 0.6 is 0 Å². The molecule has 2 heterocycles. The molecule has 17 heavy (non-hydrogen) atoms. The van der Waals surface area contributed by atoms with E-state index in [0.29, 0.717) is 12.1 Å². The van der Waals surface area contributed by atoms with Crippen LogP contribution in [0.2, 0.25) is 0 Å². The fraction of sp³-hybridized carbons (Fsp3) is 0.833. The Morgan fingerprint density at radius 1 is 1.47 bits per heavy atom. The van der Waals surface area contributed by atoms with Crippen LogP contribution < -0.4 is 5.32 Å². The highest BCUT2D eigenvalue weighted by Gasteiger charge is 2.18. The lowest BCUT2D eigenvalue weighted by atomic mass is 10.1. The van der Waals surface area contributed by atoms with Crippen LogP contribution in [0.4, 0.5) is 0 Å². The number of H-pyrrole nitrogens is 1. The molecule has 1 aromatic rings. The SMILES string of the molecule is CC(C)N1CCCC(NCc2ncn[nH]2)CC1. The number of likely N-dealkylation sites (tertiary alicyclic amines) is 1. The molecule has 5 nitrogen and oxygen atoms in total. The molecule has 5 heteroatoms. The average molecular weight is 237 g/mol. The maximum absolute atomic E-state index is 4.13. The van der Waals surface area contributed by atoms with Gasteiger partial charge in [0.05, 0.1) is 6.54 Å². The zero-order chi connectivity index (χ0) is 12.1. The van der Waals surface area contributed by atoms with Crippen molar-refractivity contribution in [3.8, 4) is 0 Å². The first-order chi connectivity index (χ1) is 8.25. The minimum absolute atomic E-state index is 0.615. The number of nitrogens with one attached hydrogen (secondary N) is 2. The van der Waals surface area contributed by atoms with Gasteiger partial charge in [0.25, 0.3) is 0 Å². The number of aromatic nitrogens is 3. The van der Waals surface area contributed by atoms with E-state index in [4.69, 9.17) is 0 Å². The van der Waals surface area contributed by atoms with Gasteiger partial charge in [0.15, 0.2) is 0 Å². The van der Waals surface area contributed by atoms with Gasteiger partial charge in [-0.3, -0.25) is 5.10 Å². The first-order valence-corrected chi connectivity index (χ1v) is 6.57. The van der Waals surface area contributed by atoms with Crippen molar-refractivity contribution in [2.75, 3.05) is 13.1 Å². The monoisotopic (exact) mass is 237 g/mol. The summed E-state index contributed by atoms with van der Waals surface area (Å²) in [5.74, 6) is 0.926. The molecule has 1 atom stereocenters. The van der Waals surface area contributed by atoms with Crippen molar-refractivity contribution >= 4 is 0 Å². The van der Waals surface area contributed by atoms with Crippen molar-refractivity contribution in [3.05, 3.63) is 12.2 Å². The van der Waals surface area contributed by atoms with Crippen molar-refractivity contribution in [1.82, 2.24) is 25.4 Å². The topological polar surface area (TPSA) is 56.8 Å². The zero-order valence-electron chi connectivity index (χ0n) is 10.8. The van der Waals surface area contributed by atoms with Crippen LogP contribution in [0.3, 0.4) is 0 Å². The van der Waals surface area contributed by atoms with Crippen LogP contribution in [-0.4, -0.2) is 45.3 Å². The Kier molecular flexibility index (Phi) is 4.50. The van der Waals surface area contributed by atoms with Gasteiger partial charge in [-0.05, 0) is 46.2 Å². The van der Waals surface area contributed by atoms with Crippen LogP contribution in [0.1, 0.15) is 38.9 Å². The van der Waals surface area contributed by atoms with E-state index in [9.17, 15) is 0 Å². The smallest absolute Gasteiger partial charge is 0.138 e. The van der Waals surface area contributed by atoms with E-state index in [0.717, 1.165) is 12.4 Å². The van der Waals surface area contributed by atoms with Crippen molar-refractivity contribution in [2.45, 2.75) is 51.7 Å². The molecular weight excluding hydrogens is 214 g/mol. The molecule has 1 aliphatic heterocycles. The average Bonchev–Trinajstić information content (AvgIpc) is 2.70. The number of aromatic amines is 1. The number of hydrogen-bond acceptors (Lipinski definition) is 4. The van der Waals surface area contributed by atoms with E-state index in [2.05, 4.69) is 39.2 Å². The first-order valence-electron chi connectivity index (χ1n) is 6.57. The third kappa shape index (κ3) is 3.78. The summed E-state index contributed by atoms with van der Waals surface area (Å²) >= 11 is 0. The molecule has 0 amide bonds. The summed E-state index contributed by atoms with van der Waals surface area (Å²) in [6.45, 7) is 7.79. The lowest BCUT2D eigenvalue weighted by Crippen LogP contribution is -2.34. The lowest BCUT2D eigenvalue weighted by molar-refractivity contribution is 0.229. The van der Waals surface area contributed by atoms with Gasteiger partial charge in [0.2, 0.25) is 0 Å². The molecule has 1 aromatic heterocycles. The van der Waals surface area contributed by atoms with Crippen molar-refractivity contribution < 1.29 is 0 Å². The highest BCUT2D eigenvalue weighted by molar-refractivity contribution is 4.82. The predicted molar refractivity (Wildman–Crippen MR) is 67.6 cm³/mol. The molecule has 0 radical (unpaired) electrons. The van der Waals surface area contributed by atoms with E-state index in [1.54, 1.807) is 6.33 Å². The summed E-state index contributed by atoms with van der Waals surface area (Å²) in [6.07, 6.45) is 5.33. The van der Waals surface area contributed by atoms with Gasteiger partial charge in [-0.1, -0.05) is 0 Å². The van der Waals surface area contributed by atoms with Gasteiger partial charge in [-0.25, -0.2) is 4.98 Å². The van der Waals surface area contributed by atoms with Crippen LogP contribution in [0.5, 0.6) is 0 Å². The van der Waals surface area contributed by atoms with E-state index >= 15 is 0 Å². The Morgan fingerprint density at radius 3 is 3.06 bits per heavy atom. The maximum atomic E-state index is 4.13. The summed E-state index contributed by atoms with van der Waals surface area (Å²) in [4.78, 5) is 6.69. The van der Waals surface area contributed by atoms with Crippen LogP contribution in [0, 0.1) is 0 Å². The van der Waals surface area contributed by atoms with Crippen molar-refractivity contribution in [1.29, 1.82) is 0 Å². The normalized spacial score (nSPS) is 22.9. The highest BCUT2D eigenvalue weighted by atomic mass is 15.2. The molecule has 1 aliphatic rings.